The Morgan fingerprint density at radius 2 is 1.82 bits per heavy atom. The smallest absolute Gasteiger partial charge is 0.0352 e. The molecule has 0 radical (unpaired) electrons. The number of allylic oxidation sites excluding steroid dienone is 1. The quantitative estimate of drug-likeness (QED) is 0.344. The molecule has 2 heteroatoms. The van der Waals surface area contributed by atoms with Gasteiger partial charge in [-0.05, 0) is 26.7 Å². The summed E-state index contributed by atoms with van der Waals surface area (Å²) in [5, 5.41) is 6.09. The highest BCUT2D eigenvalue weighted by Gasteiger charge is 1.92. The first-order valence-electron chi connectivity index (χ1n) is 3.88. The zero-order chi connectivity index (χ0) is 8.85. The third-order valence-electron chi connectivity index (χ3n) is 1.28. The molecule has 0 aromatic heterocycles. The molecule has 0 fully saturated rings. The van der Waals surface area contributed by atoms with Gasteiger partial charge in [0, 0.05) is 19.8 Å². The van der Waals surface area contributed by atoms with E-state index in [4.69, 9.17) is 0 Å². The topological polar surface area (TPSA) is 15.6 Å². The molecule has 0 bridgehead atoms. The summed E-state index contributed by atoms with van der Waals surface area (Å²) in [4.78, 5) is 0. The van der Waals surface area contributed by atoms with Crippen LogP contribution in [0.15, 0.2) is 17.3 Å². The highest BCUT2D eigenvalue weighted by molar-refractivity contribution is 5.81. The van der Waals surface area contributed by atoms with Gasteiger partial charge in [0.25, 0.3) is 0 Å². The molecule has 0 N–H and O–H groups in total. The predicted molar refractivity (Wildman–Crippen MR) is 50.8 cm³/mol. The van der Waals surface area contributed by atoms with E-state index in [1.54, 1.807) is 0 Å². The van der Waals surface area contributed by atoms with Gasteiger partial charge in [-0.1, -0.05) is 5.57 Å². The van der Waals surface area contributed by atoms with E-state index in [0.717, 1.165) is 18.6 Å². The maximum atomic E-state index is 4.26. The highest BCUT2D eigenvalue weighted by atomic mass is 15.4. The second-order valence-electron chi connectivity index (χ2n) is 3.14. The maximum Gasteiger partial charge on any atom is 0.0352 e. The Labute approximate surface area is 69.6 Å². The summed E-state index contributed by atoms with van der Waals surface area (Å²) in [7, 11) is 3.87. The van der Waals surface area contributed by atoms with Gasteiger partial charge in [-0.15, -0.1) is 6.58 Å². The first-order chi connectivity index (χ1) is 5.02. The number of nitrogens with zero attached hydrogens (tertiary/aromatic N) is 2. The zero-order valence-electron chi connectivity index (χ0n) is 8.02. The van der Waals surface area contributed by atoms with Crippen LogP contribution in [0.2, 0.25) is 0 Å². The van der Waals surface area contributed by atoms with Crippen molar-refractivity contribution in [3.05, 3.63) is 12.2 Å². The average Bonchev–Trinajstić information content (AvgIpc) is 1.82. The minimum Gasteiger partial charge on any atom is -0.303 e. The largest absolute Gasteiger partial charge is 0.303 e. The molecule has 0 atom stereocenters. The molecule has 0 saturated heterocycles. The second-order valence-corrected chi connectivity index (χ2v) is 3.14. The van der Waals surface area contributed by atoms with Crippen LogP contribution in [0.4, 0.5) is 0 Å². The Morgan fingerprint density at radius 3 is 2.18 bits per heavy atom. The summed E-state index contributed by atoms with van der Waals surface area (Å²) in [6.45, 7) is 7.93. The van der Waals surface area contributed by atoms with Crippen molar-refractivity contribution >= 4 is 5.71 Å². The Hall–Kier alpha value is -0.790. The van der Waals surface area contributed by atoms with Crippen molar-refractivity contribution in [2.45, 2.75) is 26.7 Å². The normalized spacial score (nSPS) is 11.5. The highest BCUT2D eigenvalue weighted by Crippen LogP contribution is 2.01. The molecule has 0 aromatic rings. The van der Waals surface area contributed by atoms with Crippen LogP contribution in [-0.2, 0) is 0 Å². The van der Waals surface area contributed by atoms with Gasteiger partial charge in [0.15, 0.2) is 0 Å². The van der Waals surface area contributed by atoms with E-state index in [9.17, 15) is 0 Å². The van der Waals surface area contributed by atoms with Crippen molar-refractivity contribution in [1.29, 1.82) is 0 Å². The molecule has 0 unspecified atom stereocenters. The third-order valence-corrected chi connectivity index (χ3v) is 1.28. The van der Waals surface area contributed by atoms with E-state index in [-0.39, 0.29) is 0 Å². The van der Waals surface area contributed by atoms with Gasteiger partial charge < -0.3 is 5.01 Å². The fraction of sp³-hybridized carbons (Fsp3) is 0.667. The van der Waals surface area contributed by atoms with Crippen LogP contribution in [0.25, 0.3) is 0 Å². The van der Waals surface area contributed by atoms with Crippen LogP contribution >= 0.6 is 0 Å². The third kappa shape index (κ3) is 7.10. The molecule has 2 nitrogen and oxygen atoms in total. The van der Waals surface area contributed by atoms with E-state index in [0.29, 0.717) is 0 Å². The Balaban J connectivity index is 3.68. The minimum absolute atomic E-state index is 1.02. The van der Waals surface area contributed by atoms with Gasteiger partial charge in [0.2, 0.25) is 0 Å². The number of hydrogen-bond donors (Lipinski definition) is 0. The molecule has 0 rings (SSSR count). The number of hydrogen-bond acceptors (Lipinski definition) is 2. The minimum atomic E-state index is 1.02. The molecule has 11 heavy (non-hydrogen) atoms. The van der Waals surface area contributed by atoms with Gasteiger partial charge in [0.1, 0.15) is 0 Å². The van der Waals surface area contributed by atoms with Gasteiger partial charge in [0.05, 0.1) is 0 Å². The van der Waals surface area contributed by atoms with Crippen molar-refractivity contribution in [1.82, 2.24) is 5.01 Å². The molecule has 0 amide bonds. The van der Waals surface area contributed by atoms with Crippen LogP contribution in [0, 0.1) is 0 Å². The summed E-state index contributed by atoms with van der Waals surface area (Å²) in [6.07, 6.45) is 2.07. The Kier molecular flexibility index (Phi) is 4.59. The van der Waals surface area contributed by atoms with Gasteiger partial charge in [-0.2, -0.15) is 5.10 Å². The van der Waals surface area contributed by atoms with Crippen LogP contribution in [0.3, 0.4) is 0 Å². The predicted octanol–water partition coefficient (Wildman–Crippen LogP) is 2.28. The first-order valence-corrected chi connectivity index (χ1v) is 3.88. The van der Waals surface area contributed by atoms with Crippen LogP contribution < -0.4 is 0 Å². The Bertz CT molecular complexity index is 157. The lowest BCUT2D eigenvalue weighted by molar-refractivity contribution is 0.436. The van der Waals surface area contributed by atoms with Crippen molar-refractivity contribution in [3.63, 3.8) is 0 Å². The van der Waals surface area contributed by atoms with E-state index >= 15 is 0 Å². The lowest BCUT2D eigenvalue weighted by Gasteiger charge is -2.06. The standard InChI is InChI=1S/C9H18N2/c1-8(2)6-7-9(3)10-11(4)5/h1,6-7H2,2-5H3. The maximum absolute atomic E-state index is 4.26. The van der Waals surface area contributed by atoms with E-state index in [1.807, 2.05) is 33.0 Å². The van der Waals surface area contributed by atoms with Gasteiger partial charge in [-0.25, -0.2) is 0 Å². The van der Waals surface area contributed by atoms with E-state index < -0.39 is 0 Å². The van der Waals surface area contributed by atoms with Gasteiger partial charge >= 0.3 is 0 Å². The number of rotatable bonds is 4. The molecule has 0 aliphatic heterocycles. The van der Waals surface area contributed by atoms with Crippen LogP contribution in [0.1, 0.15) is 26.7 Å². The molecule has 0 aliphatic carbocycles. The molecular weight excluding hydrogens is 136 g/mol. The molecular formula is C9H18N2. The van der Waals surface area contributed by atoms with Crippen molar-refractivity contribution < 1.29 is 0 Å². The van der Waals surface area contributed by atoms with E-state index in [1.165, 1.54) is 5.57 Å². The summed E-state index contributed by atoms with van der Waals surface area (Å²) in [6, 6.07) is 0. The fourth-order valence-electron chi connectivity index (χ4n) is 0.786. The second kappa shape index (κ2) is 4.94. The Morgan fingerprint density at radius 1 is 1.27 bits per heavy atom. The van der Waals surface area contributed by atoms with Gasteiger partial charge in [-0.3, -0.25) is 0 Å². The van der Waals surface area contributed by atoms with Crippen LogP contribution in [-0.4, -0.2) is 24.8 Å². The van der Waals surface area contributed by atoms with Crippen molar-refractivity contribution in [2.24, 2.45) is 5.10 Å². The summed E-state index contributed by atoms with van der Waals surface area (Å²) < 4.78 is 0. The molecule has 0 spiro atoms. The summed E-state index contributed by atoms with van der Waals surface area (Å²) >= 11 is 0. The first kappa shape index (κ1) is 10.2. The number of hydrazone groups is 1. The average molecular weight is 154 g/mol. The molecule has 0 heterocycles. The monoisotopic (exact) mass is 154 g/mol. The lowest BCUT2D eigenvalue weighted by atomic mass is 10.1. The van der Waals surface area contributed by atoms with Crippen molar-refractivity contribution in [3.8, 4) is 0 Å². The van der Waals surface area contributed by atoms with Crippen LogP contribution in [0.5, 0.6) is 0 Å². The lowest BCUT2D eigenvalue weighted by Crippen LogP contribution is -2.06. The van der Waals surface area contributed by atoms with Crippen molar-refractivity contribution in [2.75, 3.05) is 14.1 Å². The molecule has 0 saturated carbocycles. The van der Waals surface area contributed by atoms with E-state index in [2.05, 4.69) is 11.7 Å². The molecule has 0 aromatic carbocycles. The summed E-state index contributed by atoms with van der Waals surface area (Å²) in [5.41, 5.74) is 2.39. The zero-order valence-corrected chi connectivity index (χ0v) is 8.02. The fourth-order valence-corrected chi connectivity index (χ4v) is 0.786. The molecule has 0 aliphatic rings. The molecule has 64 valence electrons. The SMILES string of the molecule is C=C(C)CCC(C)=NN(C)C. The summed E-state index contributed by atoms with van der Waals surface area (Å²) in [5.74, 6) is 0.